The maximum Gasteiger partial charge on any atom is 0.319 e. The van der Waals surface area contributed by atoms with Gasteiger partial charge in [0.2, 0.25) is 0 Å². The zero-order valence-corrected chi connectivity index (χ0v) is 16.1. The standard InChI is InChI=1S/C23H23N3O3/c1-17-10-12-21(13-11-17)29-15-14-24-23(28)26-20-9-5-8-19(16-20)25-22(27)18-6-3-2-4-7-18/h2-13,16H,14-15H2,1H3,(H,25,27)(H2,24,26,28). The van der Waals surface area contributed by atoms with Crippen molar-refractivity contribution in [2.24, 2.45) is 0 Å². The molecule has 0 unspecified atom stereocenters. The molecule has 0 radical (unpaired) electrons. The molecular weight excluding hydrogens is 366 g/mol. The number of hydrogen-bond donors (Lipinski definition) is 3. The highest BCUT2D eigenvalue weighted by Gasteiger charge is 2.07. The van der Waals surface area contributed by atoms with Gasteiger partial charge in [-0.3, -0.25) is 4.79 Å². The van der Waals surface area contributed by atoms with Gasteiger partial charge in [0.25, 0.3) is 5.91 Å². The fourth-order valence-corrected chi connectivity index (χ4v) is 2.61. The van der Waals surface area contributed by atoms with Crippen molar-refractivity contribution in [3.63, 3.8) is 0 Å². The van der Waals surface area contributed by atoms with E-state index in [1.54, 1.807) is 48.5 Å². The van der Waals surface area contributed by atoms with Crippen molar-refractivity contribution in [2.75, 3.05) is 23.8 Å². The lowest BCUT2D eigenvalue weighted by molar-refractivity contribution is 0.102. The second-order valence-electron chi connectivity index (χ2n) is 6.44. The van der Waals surface area contributed by atoms with Gasteiger partial charge < -0.3 is 20.7 Å². The molecule has 0 aromatic heterocycles. The second-order valence-corrected chi connectivity index (χ2v) is 6.44. The molecule has 3 rings (SSSR count). The topological polar surface area (TPSA) is 79.5 Å². The number of benzene rings is 3. The summed E-state index contributed by atoms with van der Waals surface area (Å²) in [6.07, 6.45) is 0. The largest absolute Gasteiger partial charge is 0.492 e. The summed E-state index contributed by atoms with van der Waals surface area (Å²) in [6, 6.07) is 23.3. The van der Waals surface area contributed by atoms with Gasteiger partial charge >= 0.3 is 6.03 Å². The van der Waals surface area contributed by atoms with E-state index in [1.165, 1.54) is 0 Å². The molecule has 3 aromatic carbocycles. The lowest BCUT2D eigenvalue weighted by Gasteiger charge is -2.11. The lowest BCUT2D eigenvalue weighted by Crippen LogP contribution is -2.32. The van der Waals surface area contributed by atoms with E-state index in [1.807, 2.05) is 37.3 Å². The minimum Gasteiger partial charge on any atom is -0.492 e. The Balaban J connectivity index is 1.45. The molecule has 3 N–H and O–H groups in total. The maximum atomic E-state index is 12.2. The molecule has 0 aliphatic rings. The average Bonchev–Trinajstić information content (AvgIpc) is 2.73. The highest BCUT2D eigenvalue weighted by Crippen LogP contribution is 2.16. The predicted octanol–water partition coefficient (Wildman–Crippen LogP) is 4.45. The number of carbonyl (C=O) groups excluding carboxylic acids is 2. The van der Waals surface area contributed by atoms with Gasteiger partial charge in [-0.2, -0.15) is 0 Å². The van der Waals surface area contributed by atoms with Crippen LogP contribution in [0.1, 0.15) is 15.9 Å². The van der Waals surface area contributed by atoms with E-state index in [9.17, 15) is 9.59 Å². The third-order valence-electron chi connectivity index (χ3n) is 4.09. The Labute approximate surface area is 169 Å². The van der Waals surface area contributed by atoms with E-state index in [0.717, 1.165) is 11.3 Å². The molecule has 29 heavy (non-hydrogen) atoms. The van der Waals surface area contributed by atoms with E-state index in [4.69, 9.17) is 4.74 Å². The quantitative estimate of drug-likeness (QED) is 0.523. The third-order valence-corrected chi connectivity index (χ3v) is 4.09. The number of nitrogens with one attached hydrogen (secondary N) is 3. The van der Waals surface area contributed by atoms with Gasteiger partial charge in [0.05, 0.1) is 6.54 Å². The molecule has 0 heterocycles. The molecule has 6 nitrogen and oxygen atoms in total. The summed E-state index contributed by atoms with van der Waals surface area (Å²) >= 11 is 0. The van der Waals surface area contributed by atoms with Crippen molar-refractivity contribution in [1.82, 2.24) is 5.32 Å². The minimum absolute atomic E-state index is 0.208. The molecule has 0 saturated heterocycles. The van der Waals surface area contributed by atoms with E-state index >= 15 is 0 Å². The molecule has 0 atom stereocenters. The van der Waals surface area contributed by atoms with Gasteiger partial charge in [0, 0.05) is 16.9 Å². The Bertz CT molecular complexity index is 957. The van der Waals surface area contributed by atoms with Gasteiger partial charge in [-0.15, -0.1) is 0 Å². The van der Waals surface area contributed by atoms with Crippen molar-refractivity contribution < 1.29 is 14.3 Å². The predicted molar refractivity (Wildman–Crippen MR) is 115 cm³/mol. The number of urea groups is 1. The average molecular weight is 389 g/mol. The van der Waals surface area contributed by atoms with Crippen LogP contribution in [0.15, 0.2) is 78.9 Å². The van der Waals surface area contributed by atoms with E-state index in [0.29, 0.717) is 30.1 Å². The third kappa shape index (κ3) is 6.39. The number of anilines is 2. The van der Waals surface area contributed by atoms with Crippen LogP contribution < -0.4 is 20.7 Å². The summed E-state index contributed by atoms with van der Waals surface area (Å²) in [5.74, 6) is 0.556. The van der Waals surface area contributed by atoms with Crippen molar-refractivity contribution in [3.05, 3.63) is 90.0 Å². The summed E-state index contributed by atoms with van der Waals surface area (Å²) in [7, 11) is 0. The summed E-state index contributed by atoms with van der Waals surface area (Å²) in [5, 5.41) is 8.30. The first-order valence-electron chi connectivity index (χ1n) is 9.31. The molecule has 0 fully saturated rings. The van der Waals surface area contributed by atoms with Crippen molar-refractivity contribution in [2.45, 2.75) is 6.92 Å². The Morgan fingerprint density at radius 1 is 0.828 bits per heavy atom. The highest BCUT2D eigenvalue weighted by atomic mass is 16.5. The zero-order valence-electron chi connectivity index (χ0n) is 16.1. The summed E-state index contributed by atoms with van der Waals surface area (Å²) < 4.78 is 5.58. The summed E-state index contributed by atoms with van der Waals surface area (Å²) in [6.45, 7) is 2.74. The smallest absolute Gasteiger partial charge is 0.319 e. The van der Waals surface area contributed by atoms with Crippen LogP contribution in [0.5, 0.6) is 5.75 Å². The van der Waals surface area contributed by atoms with Crippen molar-refractivity contribution in [1.29, 1.82) is 0 Å². The van der Waals surface area contributed by atoms with Crippen LogP contribution in [0, 0.1) is 6.92 Å². The van der Waals surface area contributed by atoms with E-state index in [2.05, 4.69) is 16.0 Å². The number of hydrogen-bond acceptors (Lipinski definition) is 3. The first-order valence-corrected chi connectivity index (χ1v) is 9.31. The van der Waals surface area contributed by atoms with Gasteiger partial charge in [-0.05, 0) is 49.4 Å². The number of ether oxygens (including phenoxy) is 1. The molecule has 0 aliphatic heterocycles. The SMILES string of the molecule is Cc1ccc(OCCNC(=O)Nc2cccc(NC(=O)c3ccccc3)c2)cc1. The monoisotopic (exact) mass is 389 g/mol. The molecule has 0 bridgehead atoms. The first-order chi connectivity index (χ1) is 14.1. The van der Waals surface area contributed by atoms with Crippen LogP contribution in [-0.2, 0) is 0 Å². The molecule has 0 spiro atoms. The fraction of sp³-hybridized carbons (Fsp3) is 0.130. The molecular formula is C23H23N3O3. The van der Waals surface area contributed by atoms with Crippen LogP contribution in [0.25, 0.3) is 0 Å². The second kappa shape index (κ2) is 9.94. The number of amides is 3. The fourth-order valence-electron chi connectivity index (χ4n) is 2.61. The van der Waals surface area contributed by atoms with Gasteiger partial charge in [-0.25, -0.2) is 4.79 Å². The van der Waals surface area contributed by atoms with Crippen LogP contribution in [-0.4, -0.2) is 25.1 Å². The van der Waals surface area contributed by atoms with Crippen LogP contribution >= 0.6 is 0 Å². The Morgan fingerprint density at radius 2 is 1.52 bits per heavy atom. The summed E-state index contributed by atoms with van der Waals surface area (Å²) in [4.78, 5) is 24.3. The van der Waals surface area contributed by atoms with Gasteiger partial charge in [-0.1, -0.05) is 42.0 Å². The number of aryl methyl sites for hydroxylation is 1. The van der Waals surface area contributed by atoms with Crippen LogP contribution in [0.4, 0.5) is 16.2 Å². The van der Waals surface area contributed by atoms with Gasteiger partial charge in [0.1, 0.15) is 12.4 Å². The van der Waals surface area contributed by atoms with Crippen molar-refractivity contribution >= 4 is 23.3 Å². The molecule has 0 saturated carbocycles. The van der Waals surface area contributed by atoms with Crippen LogP contribution in [0.2, 0.25) is 0 Å². The molecule has 3 aromatic rings. The maximum absolute atomic E-state index is 12.2. The van der Waals surface area contributed by atoms with E-state index < -0.39 is 0 Å². The Morgan fingerprint density at radius 3 is 2.24 bits per heavy atom. The normalized spacial score (nSPS) is 10.1. The molecule has 0 aliphatic carbocycles. The zero-order chi connectivity index (χ0) is 20.5. The Kier molecular flexibility index (Phi) is 6.84. The number of rotatable bonds is 7. The van der Waals surface area contributed by atoms with Crippen LogP contribution in [0.3, 0.4) is 0 Å². The van der Waals surface area contributed by atoms with E-state index in [-0.39, 0.29) is 11.9 Å². The molecule has 3 amide bonds. The number of carbonyl (C=O) groups is 2. The molecule has 6 heteroatoms. The highest BCUT2D eigenvalue weighted by molar-refractivity contribution is 6.04. The van der Waals surface area contributed by atoms with Gasteiger partial charge in [0.15, 0.2) is 0 Å². The first kappa shape index (κ1) is 19.9. The molecule has 148 valence electrons. The summed E-state index contributed by atoms with van der Waals surface area (Å²) in [5.41, 5.74) is 2.90. The minimum atomic E-state index is -0.343. The van der Waals surface area contributed by atoms with Crippen molar-refractivity contribution in [3.8, 4) is 5.75 Å². The Hall–Kier alpha value is -3.80. The lowest BCUT2D eigenvalue weighted by atomic mass is 10.2.